The Morgan fingerprint density at radius 1 is 1.58 bits per heavy atom. The zero-order chi connectivity index (χ0) is 14.5. The topological polar surface area (TPSA) is 44.1 Å². The first-order chi connectivity index (χ1) is 8.83. The van der Waals surface area contributed by atoms with E-state index < -0.39 is 12.7 Å². The Hall–Kier alpha value is -1.18. The van der Waals surface area contributed by atoms with Crippen molar-refractivity contribution >= 4 is 17.7 Å². The third kappa shape index (κ3) is 5.54. The normalized spacial score (nSPS) is 13.3. The van der Waals surface area contributed by atoms with E-state index in [2.05, 4.69) is 9.72 Å². The molecule has 0 spiro atoms. The molecule has 0 aliphatic heterocycles. The fourth-order valence-corrected chi connectivity index (χ4v) is 2.44. The van der Waals surface area contributed by atoms with Crippen LogP contribution in [0.1, 0.15) is 12.7 Å². The maximum absolute atomic E-state index is 12.3. The lowest BCUT2D eigenvalue weighted by Gasteiger charge is -2.11. The van der Waals surface area contributed by atoms with Crippen LogP contribution >= 0.6 is 11.8 Å². The number of thioether (sulfide) groups is 1. The van der Waals surface area contributed by atoms with Crippen molar-refractivity contribution in [3.63, 3.8) is 0 Å². The molecule has 1 aromatic rings. The van der Waals surface area contributed by atoms with E-state index in [1.54, 1.807) is 6.92 Å². The van der Waals surface area contributed by atoms with Crippen molar-refractivity contribution in [3.05, 3.63) is 18.2 Å². The van der Waals surface area contributed by atoms with Gasteiger partial charge in [-0.05, 0) is 0 Å². The minimum absolute atomic E-state index is 0.291. The summed E-state index contributed by atoms with van der Waals surface area (Å²) >= 11 is 1.35. The highest BCUT2D eigenvalue weighted by atomic mass is 32.2. The van der Waals surface area contributed by atoms with E-state index in [1.165, 1.54) is 31.3 Å². The van der Waals surface area contributed by atoms with Crippen LogP contribution < -0.4 is 0 Å². The zero-order valence-electron chi connectivity index (χ0n) is 10.6. The van der Waals surface area contributed by atoms with Gasteiger partial charge in [0.1, 0.15) is 12.4 Å². The molecule has 0 aromatic carbocycles. The van der Waals surface area contributed by atoms with Crippen LogP contribution in [0.15, 0.2) is 12.4 Å². The number of imidazole rings is 1. The van der Waals surface area contributed by atoms with Crippen LogP contribution in [-0.4, -0.2) is 34.6 Å². The zero-order valence-corrected chi connectivity index (χ0v) is 11.4. The van der Waals surface area contributed by atoms with Crippen molar-refractivity contribution in [1.82, 2.24) is 9.55 Å². The van der Waals surface area contributed by atoms with Gasteiger partial charge in [0.05, 0.1) is 18.8 Å². The van der Waals surface area contributed by atoms with Crippen molar-refractivity contribution in [2.75, 3.05) is 12.9 Å². The lowest BCUT2D eigenvalue weighted by molar-refractivity contribution is -0.144. The summed E-state index contributed by atoms with van der Waals surface area (Å²) in [4.78, 5) is 15.0. The molecule has 1 rings (SSSR count). The summed E-state index contributed by atoms with van der Waals surface area (Å²) in [6, 6.07) is 0. The summed E-state index contributed by atoms with van der Waals surface area (Å²) in [5.41, 5.74) is 0. The first-order valence-electron chi connectivity index (χ1n) is 5.56. The van der Waals surface area contributed by atoms with E-state index >= 15 is 0 Å². The predicted octanol–water partition coefficient (Wildman–Crippen LogP) is 2.49. The number of esters is 1. The fraction of sp³-hybridized carbons (Fsp3) is 0.636. The van der Waals surface area contributed by atoms with Gasteiger partial charge < -0.3 is 9.30 Å². The molecule has 1 atom stereocenters. The van der Waals surface area contributed by atoms with E-state index in [-0.39, 0.29) is 11.9 Å². The van der Waals surface area contributed by atoms with E-state index in [9.17, 15) is 18.0 Å². The van der Waals surface area contributed by atoms with E-state index in [1.807, 2.05) is 0 Å². The lowest BCUT2D eigenvalue weighted by atomic mass is 10.2. The van der Waals surface area contributed by atoms with Crippen LogP contribution in [0.2, 0.25) is 0 Å². The van der Waals surface area contributed by atoms with Crippen molar-refractivity contribution in [2.45, 2.75) is 25.4 Å². The first-order valence-corrected chi connectivity index (χ1v) is 6.71. The summed E-state index contributed by atoms with van der Waals surface area (Å²) in [5.74, 6) is 0.530. The Balaban J connectivity index is 2.46. The molecule has 0 radical (unpaired) electrons. The number of ether oxygens (including phenoxy) is 1. The fourth-order valence-electron chi connectivity index (χ4n) is 1.41. The Bertz CT molecular complexity index is 420. The van der Waals surface area contributed by atoms with Crippen molar-refractivity contribution < 1.29 is 22.7 Å². The molecule has 108 valence electrons. The van der Waals surface area contributed by atoms with Gasteiger partial charge >= 0.3 is 12.1 Å². The SMILES string of the molecule is COC(=O)[C@H](C)CSCc1nccn1CC(F)(F)F. The average Bonchev–Trinajstić information content (AvgIpc) is 2.73. The molecular weight excluding hydrogens is 281 g/mol. The van der Waals surface area contributed by atoms with Crippen molar-refractivity contribution in [3.8, 4) is 0 Å². The number of carbonyl (C=O) groups excluding carboxylic acids is 1. The molecule has 19 heavy (non-hydrogen) atoms. The molecule has 1 aromatic heterocycles. The van der Waals surface area contributed by atoms with Gasteiger partial charge in [-0.3, -0.25) is 4.79 Å². The molecule has 4 nitrogen and oxygen atoms in total. The second-order valence-electron chi connectivity index (χ2n) is 4.03. The maximum atomic E-state index is 12.3. The van der Waals surface area contributed by atoms with Gasteiger partial charge in [-0.1, -0.05) is 6.92 Å². The minimum atomic E-state index is -4.26. The van der Waals surface area contributed by atoms with Crippen LogP contribution in [0, 0.1) is 5.92 Å². The largest absolute Gasteiger partial charge is 0.469 e. The van der Waals surface area contributed by atoms with E-state index in [0.717, 1.165) is 4.57 Å². The molecule has 0 aliphatic carbocycles. The summed E-state index contributed by atoms with van der Waals surface area (Å²) in [6.45, 7) is 0.663. The molecule has 0 aliphatic rings. The number of aromatic nitrogens is 2. The number of methoxy groups -OCH3 is 1. The van der Waals surface area contributed by atoms with Gasteiger partial charge in [0.25, 0.3) is 0 Å². The number of carbonyl (C=O) groups is 1. The second kappa shape index (κ2) is 6.83. The molecule has 8 heteroatoms. The van der Waals surface area contributed by atoms with E-state index in [0.29, 0.717) is 17.3 Å². The van der Waals surface area contributed by atoms with Gasteiger partial charge in [0.15, 0.2) is 0 Å². The Kier molecular flexibility index (Phi) is 5.71. The standard InChI is InChI=1S/C11H15F3N2O2S/c1-8(10(17)18-2)5-19-6-9-15-3-4-16(9)7-11(12,13)14/h3-4,8H,5-7H2,1-2H3/t8-/m1/s1. The highest BCUT2D eigenvalue weighted by Crippen LogP contribution is 2.20. The average molecular weight is 296 g/mol. The van der Waals surface area contributed by atoms with Gasteiger partial charge in [-0.2, -0.15) is 24.9 Å². The molecule has 0 N–H and O–H groups in total. The van der Waals surface area contributed by atoms with Gasteiger partial charge in [-0.15, -0.1) is 0 Å². The summed E-state index contributed by atoms with van der Waals surface area (Å²) in [5, 5.41) is 0. The highest BCUT2D eigenvalue weighted by Gasteiger charge is 2.28. The lowest BCUT2D eigenvalue weighted by Crippen LogP contribution is -2.19. The monoisotopic (exact) mass is 296 g/mol. The van der Waals surface area contributed by atoms with Gasteiger partial charge in [-0.25, -0.2) is 4.98 Å². The third-order valence-corrected chi connectivity index (χ3v) is 3.55. The van der Waals surface area contributed by atoms with Crippen LogP contribution in [0.25, 0.3) is 0 Å². The Labute approximate surface area is 113 Å². The smallest absolute Gasteiger partial charge is 0.406 e. The van der Waals surface area contributed by atoms with Crippen molar-refractivity contribution in [2.24, 2.45) is 5.92 Å². The predicted molar refractivity (Wildman–Crippen MR) is 65.6 cm³/mol. The van der Waals surface area contributed by atoms with Crippen LogP contribution in [0.5, 0.6) is 0 Å². The summed E-state index contributed by atoms with van der Waals surface area (Å²) in [6.07, 6.45) is -1.63. The number of alkyl halides is 3. The quantitative estimate of drug-likeness (QED) is 0.757. The number of nitrogens with zero attached hydrogens (tertiary/aromatic N) is 2. The molecule has 0 saturated carbocycles. The third-order valence-electron chi connectivity index (χ3n) is 2.35. The molecule has 1 heterocycles. The molecule has 0 bridgehead atoms. The Morgan fingerprint density at radius 3 is 2.84 bits per heavy atom. The first kappa shape index (κ1) is 15.9. The minimum Gasteiger partial charge on any atom is -0.469 e. The number of rotatable bonds is 6. The van der Waals surface area contributed by atoms with Crippen LogP contribution in [-0.2, 0) is 21.8 Å². The molecule has 0 unspecified atom stereocenters. The summed E-state index contributed by atoms with van der Waals surface area (Å²) < 4.78 is 42.5. The van der Waals surface area contributed by atoms with Gasteiger partial charge in [0.2, 0.25) is 0 Å². The molecular formula is C11H15F3N2O2S. The van der Waals surface area contributed by atoms with Crippen LogP contribution in [0.4, 0.5) is 13.2 Å². The highest BCUT2D eigenvalue weighted by molar-refractivity contribution is 7.98. The van der Waals surface area contributed by atoms with Crippen LogP contribution in [0.3, 0.4) is 0 Å². The molecule has 0 amide bonds. The second-order valence-corrected chi connectivity index (χ2v) is 5.06. The Morgan fingerprint density at radius 2 is 2.26 bits per heavy atom. The van der Waals surface area contributed by atoms with Gasteiger partial charge in [0, 0.05) is 18.1 Å². The number of halogens is 3. The molecule has 0 saturated heterocycles. The van der Waals surface area contributed by atoms with Crippen molar-refractivity contribution in [1.29, 1.82) is 0 Å². The van der Waals surface area contributed by atoms with E-state index in [4.69, 9.17) is 0 Å². The number of hydrogen-bond acceptors (Lipinski definition) is 4. The number of hydrogen-bond donors (Lipinski definition) is 0. The molecule has 0 fully saturated rings. The maximum Gasteiger partial charge on any atom is 0.406 e. The summed E-state index contributed by atoms with van der Waals surface area (Å²) in [7, 11) is 1.31.